The zero-order chi connectivity index (χ0) is 17.0. The number of carbonyl (C=O) groups excluding carboxylic acids is 1. The molecule has 0 aromatic rings. The molecule has 0 aromatic heterocycles. The third-order valence-corrected chi connectivity index (χ3v) is 3.92. The number of carbonyl (C=O) groups is 1. The number of amides is 1. The van der Waals surface area contributed by atoms with Crippen molar-refractivity contribution in [2.75, 3.05) is 26.7 Å². The summed E-state index contributed by atoms with van der Waals surface area (Å²) in [6, 6.07) is 0. The molecule has 5 nitrogen and oxygen atoms in total. The summed E-state index contributed by atoms with van der Waals surface area (Å²) in [6.45, 7) is 12.6. The summed E-state index contributed by atoms with van der Waals surface area (Å²) in [4.78, 5) is 16.4. The van der Waals surface area contributed by atoms with E-state index < -0.39 is 5.41 Å². The van der Waals surface area contributed by atoms with Crippen LogP contribution in [0.1, 0.15) is 60.3 Å². The van der Waals surface area contributed by atoms with Gasteiger partial charge in [0.2, 0.25) is 5.91 Å². The van der Waals surface area contributed by atoms with Crippen molar-refractivity contribution < 1.29 is 4.79 Å². The lowest BCUT2D eigenvalue weighted by Crippen LogP contribution is -2.42. The topological polar surface area (TPSA) is 65.5 Å². The van der Waals surface area contributed by atoms with Gasteiger partial charge in [-0.1, -0.05) is 33.1 Å². The van der Waals surface area contributed by atoms with E-state index in [1.54, 1.807) is 7.05 Å². The molecule has 0 spiro atoms. The van der Waals surface area contributed by atoms with E-state index in [9.17, 15) is 4.79 Å². The first-order valence-electron chi connectivity index (χ1n) is 8.65. The Bertz CT molecular complexity index is 345. The van der Waals surface area contributed by atoms with Crippen molar-refractivity contribution in [1.82, 2.24) is 16.0 Å². The van der Waals surface area contributed by atoms with Gasteiger partial charge < -0.3 is 16.0 Å². The van der Waals surface area contributed by atoms with Crippen LogP contribution < -0.4 is 16.0 Å². The smallest absolute Gasteiger partial charge is 0.227 e. The average molecular weight is 440 g/mol. The maximum absolute atomic E-state index is 11.8. The minimum absolute atomic E-state index is 0. The Labute approximate surface area is 159 Å². The van der Waals surface area contributed by atoms with Crippen LogP contribution in [-0.2, 0) is 4.79 Å². The zero-order valence-corrected chi connectivity index (χ0v) is 18.1. The average Bonchev–Trinajstić information content (AvgIpc) is 2.51. The molecule has 0 radical (unpaired) electrons. The standard InChI is InChI=1S/C17H36N4O.HI/c1-7-10-11-14(8-2)12-20-16(19-9-3)21-13-17(4,5)15(22)18-6;/h14H,7-13H2,1-6H3,(H,18,22)(H2,19,20,21);1H. The molecule has 0 aromatic carbocycles. The summed E-state index contributed by atoms with van der Waals surface area (Å²) in [5.74, 6) is 1.49. The van der Waals surface area contributed by atoms with Crippen molar-refractivity contribution in [2.45, 2.75) is 60.3 Å². The number of rotatable bonds is 10. The molecule has 23 heavy (non-hydrogen) atoms. The molecule has 6 heteroatoms. The number of hydrogen-bond acceptors (Lipinski definition) is 2. The predicted octanol–water partition coefficient (Wildman–Crippen LogP) is 3.15. The highest BCUT2D eigenvalue weighted by molar-refractivity contribution is 14.0. The van der Waals surface area contributed by atoms with Gasteiger partial charge in [-0.15, -0.1) is 24.0 Å². The zero-order valence-electron chi connectivity index (χ0n) is 15.8. The molecule has 0 saturated carbocycles. The fourth-order valence-corrected chi connectivity index (χ4v) is 2.21. The van der Waals surface area contributed by atoms with Gasteiger partial charge in [0.25, 0.3) is 0 Å². The monoisotopic (exact) mass is 440 g/mol. The van der Waals surface area contributed by atoms with Gasteiger partial charge >= 0.3 is 0 Å². The molecule has 1 amide bonds. The molecule has 138 valence electrons. The molecular weight excluding hydrogens is 403 g/mol. The van der Waals surface area contributed by atoms with E-state index in [4.69, 9.17) is 0 Å². The third-order valence-electron chi connectivity index (χ3n) is 3.92. The number of guanidine groups is 1. The second-order valence-electron chi connectivity index (χ2n) is 6.46. The highest BCUT2D eigenvalue weighted by atomic mass is 127. The number of hydrogen-bond donors (Lipinski definition) is 3. The van der Waals surface area contributed by atoms with Crippen LogP contribution in [-0.4, -0.2) is 38.5 Å². The number of aliphatic imine (C=N–C) groups is 1. The van der Waals surface area contributed by atoms with E-state index in [-0.39, 0.29) is 29.9 Å². The van der Waals surface area contributed by atoms with E-state index in [2.05, 4.69) is 41.7 Å². The van der Waals surface area contributed by atoms with Crippen molar-refractivity contribution >= 4 is 35.8 Å². The van der Waals surface area contributed by atoms with Crippen LogP contribution in [0.2, 0.25) is 0 Å². The fourth-order valence-electron chi connectivity index (χ4n) is 2.21. The highest BCUT2D eigenvalue weighted by Gasteiger charge is 2.26. The normalized spacial score (nSPS) is 13.0. The van der Waals surface area contributed by atoms with Crippen molar-refractivity contribution in [3.63, 3.8) is 0 Å². The van der Waals surface area contributed by atoms with E-state index in [1.807, 2.05) is 13.8 Å². The van der Waals surface area contributed by atoms with E-state index >= 15 is 0 Å². The molecule has 1 unspecified atom stereocenters. The van der Waals surface area contributed by atoms with Gasteiger partial charge in [0.05, 0.1) is 12.0 Å². The van der Waals surface area contributed by atoms with Crippen molar-refractivity contribution in [1.29, 1.82) is 0 Å². The first-order chi connectivity index (χ1) is 10.4. The molecule has 0 heterocycles. The maximum atomic E-state index is 11.8. The molecule has 0 saturated heterocycles. The van der Waals surface area contributed by atoms with Crippen LogP contribution in [0, 0.1) is 11.3 Å². The van der Waals surface area contributed by atoms with Crippen LogP contribution >= 0.6 is 24.0 Å². The van der Waals surface area contributed by atoms with E-state index in [0.29, 0.717) is 12.5 Å². The first kappa shape index (κ1) is 24.7. The van der Waals surface area contributed by atoms with Gasteiger partial charge in [-0.2, -0.15) is 0 Å². The van der Waals surface area contributed by atoms with Gasteiger partial charge in [0, 0.05) is 20.1 Å². The second kappa shape index (κ2) is 13.9. The molecular formula is C17H37IN4O. The molecule has 1 atom stereocenters. The lowest BCUT2D eigenvalue weighted by Gasteiger charge is -2.22. The van der Waals surface area contributed by atoms with Crippen LogP contribution in [0.25, 0.3) is 0 Å². The first-order valence-corrected chi connectivity index (χ1v) is 8.65. The molecule has 0 aliphatic carbocycles. The maximum Gasteiger partial charge on any atom is 0.227 e. The Balaban J connectivity index is 0. The molecule has 3 N–H and O–H groups in total. The van der Waals surface area contributed by atoms with Crippen molar-refractivity contribution in [3.05, 3.63) is 0 Å². The van der Waals surface area contributed by atoms with Crippen LogP contribution in [0.15, 0.2) is 4.99 Å². The SMILES string of the molecule is CCCCC(CC)CNC(=NCC(C)(C)C(=O)NC)NCC.I. The molecule has 0 rings (SSSR count). The quantitative estimate of drug-likeness (QED) is 0.278. The predicted molar refractivity (Wildman–Crippen MR) is 111 cm³/mol. The summed E-state index contributed by atoms with van der Waals surface area (Å²) in [5.41, 5.74) is -0.497. The van der Waals surface area contributed by atoms with Gasteiger partial charge in [-0.3, -0.25) is 9.79 Å². The Hall–Kier alpha value is -0.530. The van der Waals surface area contributed by atoms with Gasteiger partial charge in [0.1, 0.15) is 0 Å². The molecule has 0 aliphatic rings. The van der Waals surface area contributed by atoms with Crippen molar-refractivity contribution in [2.24, 2.45) is 16.3 Å². The van der Waals surface area contributed by atoms with Gasteiger partial charge in [-0.05, 0) is 33.1 Å². The van der Waals surface area contributed by atoms with E-state index in [1.165, 1.54) is 25.7 Å². The summed E-state index contributed by atoms with van der Waals surface area (Å²) in [7, 11) is 1.66. The van der Waals surface area contributed by atoms with Crippen molar-refractivity contribution in [3.8, 4) is 0 Å². The van der Waals surface area contributed by atoms with Gasteiger partial charge in [0.15, 0.2) is 5.96 Å². The molecule has 0 fully saturated rings. The Morgan fingerprint density at radius 3 is 2.30 bits per heavy atom. The summed E-state index contributed by atoms with van der Waals surface area (Å²) < 4.78 is 0. The Kier molecular flexibility index (Phi) is 14.9. The summed E-state index contributed by atoms with van der Waals surface area (Å²) in [5, 5.41) is 9.37. The summed E-state index contributed by atoms with van der Waals surface area (Å²) in [6.07, 6.45) is 4.95. The van der Waals surface area contributed by atoms with Crippen LogP contribution in [0.5, 0.6) is 0 Å². The molecule has 0 aliphatic heterocycles. The number of unbranched alkanes of at least 4 members (excludes halogenated alkanes) is 1. The number of halogens is 1. The molecule has 0 bridgehead atoms. The largest absolute Gasteiger partial charge is 0.359 e. The Morgan fingerprint density at radius 2 is 1.83 bits per heavy atom. The Morgan fingerprint density at radius 1 is 1.17 bits per heavy atom. The lowest BCUT2D eigenvalue weighted by molar-refractivity contribution is -0.128. The fraction of sp³-hybridized carbons (Fsp3) is 0.882. The highest BCUT2D eigenvalue weighted by Crippen LogP contribution is 2.15. The number of nitrogens with zero attached hydrogens (tertiary/aromatic N) is 1. The van der Waals surface area contributed by atoms with Crippen LogP contribution in [0.4, 0.5) is 0 Å². The van der Waals surface area contributed by atoms with E-state index in [0.717, 1.165) is 19.0 Å². The minimum atomic E-state index is -0.497. The summed E-state index contributed by atoms with van der Waals surface area (Å²) >= 11 is 0. The third kappa shape index (κ3) is 10.8. The van der Waals surface area contributed by atoms with Crippen LogP contribution in [0.3, 0.4) is 0 Å². The number of nitrogens with one attached hydrogen (secondary N) is 3. The lowest BCUT2D eigenvalue weighted by atomic mass is 9.93. The minimum Gasteiger partial charge on any atom is -0.359 e. The van der Waals surface area contributed by atoms with Gasteiger partial charge in [-0.25, -0.2) is 0 Å². The second-order valence-corrected chi connectivity index (χ2v) is 6.46.